The third-order valence-electron chi connectivity index (χ3n) is 12.7. The van der Waals surface area contributed by atoms with Crippen molar-refractivity contribution in [3.63, 3.8) is 0 Å². The van der Waals surface area contributed by atoms with Crippen LogP contribution in [0, 0.1) is 34.0 Å². The highest BCUT2D eigenvalue weighted by atomic mass is 16.6. The number of aliphatic hydroxyl groups is 1. The van der Waals surface area contributed by atoms with Gasteiger partial charge in [-0.25, -0.2) is 4.79 Å². The van der Waals surface area contributed by atoms with Gasteiger partial charge >= 0.3 is 17.9 Å². The van der Waals surface area contributed by atoms with Crippen LogP contribution in [-0.4, -0.2) is 85.6 Å². The van der Waals surface area contributed by atoms with Gasteiger partial charge in [0.05, 0.1) is 42.9 Å². The molecule has 0 aromatic heterocycles. The van der Waals surface area contributed by atoms with E-state index in [9.17, 15) is 19.5 Å². The van der Waals surface area contributed by atoms with Gasteiger partial charge in [0.25, 0.3) is 0 Å². The molecule has 0 amide bonds. The van der Waals surface area contributed by atoms with E-state index in [0.29, 0.717) is 29.7 Å². The van der Waals surface area contributed by atoms with Crippen LogP contribution in [0.25, 0.3) is 0 Å². The Morgan fingerprint density at radius 1 is 1.04 bits per heavy atom. The van der Waals surface area contributed by atoms with Crippen molar-refractivity contribution < 1.29 is 43.2 Å². The zero-order valence-corrected chi connectivity index (χ0v) is 29.9. The molecule has 11 atom stereocenters. The minimum absolute atomic E-state index is 0.0255. The molecule has 0 spiro atoms. The van der Waals surface area contributed by atoms with Gasteiger partial charge in [0.2, 0.25) is 6.10 Å². The van der Waals surface area contributed by atoms with Gasteiger partial charge in [-0.3, -0.25) is 14.4 Å². The molecule has 49 heavy (non-hydrogen) atoms. The standard InChI is InChI=1S/C37H53N3O9/c1-19-23(47-33(44)30(49-27(42)17-39)29(40-8)22-12-10-9-11-13-22)15-37(45)21(3)31-35(6)18-46-24(35)14-25(48-26(41)16-38)36(31,7)32(43)20(2)28(19)34(37,4)5/h9-13,20-21,23-25,29-31,40,45H,14-18,38-39H2,1-8H3/t20-,21+,23+,24-,25+,29+,30-,31-,35-,36-,37-/m1/s1. The molecule has 1 heterocycles. The molecule has 3 fully saturated rings. The summed E-state index contributed by atoms with van der Waals surface area (Å²) < 4.78 is 23.8. The molecule has 12 heteroatoms. The van der Waals surface area contributed by atoms with E-state index in [-0.39, 0.29) is 24.9 Å². The van der Waals surface area contributed by atoms with E-state index in [0.717, 1.165) is 0 Å². The summed E-state index contributed by atoms with van der Waals surface area (Å²) >= 11 is 0. The minimum Gasteiger partial charge on any atom is -0.460 e. The molecule has 6 N–H and O–H groups in total. The van der Waals surface area contributed by atoms with Crippen LogP contribution in [0.2, 0.25) is 0 Å². The monoisotopic (exact) mass is 683 g/mol. The van der Waals surface area contributed by atoms with Crippen molar-refractivity contribution in [3.8, 4) is 0 Å². The number of carbonyl (C=O) groups is 4. The van der Waals surface area contributed by atoms with Crippen LogP contribution in [-0.2, 0) is 38.1 Å². The van der Waals surface area contributed by atoms with Crippen LogP contribution < -0.4 is 16.8 Å². The molecular formula is C37H53N3O9. The lowest BCUT2D eigenvalue weighted by Crippen LogP contribution is -2.74. The van der Waals surface area contributed by atoms with E-state index in [4.69, 9.17) is 30.4 Å². The quantitative estimate of drug-likeness (QED) is 0.169. The van der Waals surface area contributed by atoms with Gasteiger partial charge in [0.15, 0.2) is 0 Å². The predicted molar refractivity (Wildman–Crippen MR) is 179 cm³/mol. The number of carbonyl (C=O) groups excluding carboxylic acids is 4. The number of rotatable bonds is 9. The summed E-state index contributed by atoms with van der Waals surface area (Å²) in [5, 5.41) is 16.2. The second kappa shape index (κ2) is 13.2. The fraction of sp³-hybridized carbons (Fsp3) is 0.676. The van der Waals surface area contributed by atoms with Crippen LogP contribution >= 0.6 is 0 Å². The maximum Gasteiger partial charge on any atom is 0.350 e. The number of esters is 3. The lowest BCUT2D eigenvalue weighted by atomic mass is 9.40. The molecular weight excluding hydrogens is 630 g/mol. The van der Waals surface area contributed by atoms with Gasteiger partial charge in [-0.15, -0.1) is 0 Å². The number of likely N-dealkylation sites (N-methyl/N-ethyl adjacent to an activating group) is 1. The lowest BCUT2D eigenvalue weighted by Gasteiger charge is -2.69. The number of ketones is 1. The third-order valence-corrected chi connectivity index (χ3v) is 12.7. The van der Waals surface area contributed by atoms with E-state index in [2.05, 4.69) is 12.2 Å². The molecule has 1 aromatic carbocycles. The molecule has 1 saturated heterocycles. The van der Waals surface area contributed by atoms with E-state index < -0.39 is 88.4 Å². The minimum atomic E-state index is -1.50. The first kappa shape index (κ1) is 37.1. The number of Topliss-reactive ketones (excluding diaryl/α,β-unsaturated/α-hetero) is 1. The molecule has 0 unspecified atom stereocenters. The van der Waals surface area contributed by atoms with Gasteiger partial charge < -0.3 is 40.8 Å². The fourth-order valence-electron chi connectivity index (χ4n) is 10.2. The summed E-state index contributed by atoms with van der Waals surface area (Å²) in [7, 11) is 1.65. The van der Waals surface area contributed by atoms with Crippen molar-refractivity contribution >= 4 is 23.7 Å². The summed E-state index contributed by atoms with van der Waals surface area (Å²) in [6, 6.07) is 8.32. The summed E-state index contributed by atoms with van der Waals surface area (Å²) in [4.78, 5) is 54.3. The van der Waals surface area contributed by atoms with Crippen LogP contribution in [0.5, 0.6) is 0 Å². The summed E-state index contributed by atoms with van der Waals surface area (Å²) in [5.74, 6) is -4.06. The van der Waals surface area contributed by atoms with E-state index in [1.165, 1.54) is 0 Å². The second-order valence-corrected chi connectivity index (χ2v) is 15.4. The predicted octanol–water partition coefficient (Wildman–Crippen LogP) is 2.36. The molecule has 0 radical (unpaired) electrons. The van der Waals surface area contributed by atoms with Crippen LogP contribution in [0.4, 0.5) is 0 Å². The number of hydrogen-bond acceptors (Lipinski definition) is 12. The normalized spacial score (nSPS) is 37.7. The first-order valence-electron chi connectivity index (χ1n) is 17.2. The average Bonchev–Trinajstić information content (AvgIpc) is 3.06. The molecule has 12 nitrogen and oxygen atoms in total. The zero-order chi connectivity index (χ0) is 36.3. The maximum atomic E-state index is 15.0. The highest BCUT2D eigenvalue weighted by Gasteiger charge is 2.73. The Bertz CT molecular complexity index is 1510. The Morgan fingerprint density at radius 2 is 1.67 bits per heavy atom. The SMILES string of the molecule is CN[C@@H](c1ccccc1)[C@@H](OC(=O)CN)C(=O)O[C@H]1C[C@@]2(O)[C@@H](C)[C@@H]3[C@]4(C)CO[C@@H]4C[C@H](OC(=O)CN)[C@@]3(C)C(=O)[C@H](C)C(=C1C)C2(C)C. The summed E-state index contributed by atoms with van der Waals surface area (Å²) in [5.41, 5.74) is 9.14. The Balaban J connectivity index is 1.61. The molecule has 2 saturated carbocycles. The Hall–Kier alpha value is -3.16. The first-order valence-corrected chi connectivity index (χ1v) is 17.2. The summed E-state index contributed by atoms with van der Waals surface area (Å²) in [6.07, 6.45) is -3.06. The van der Waals surface area contributed by atoms with E-state index in [1.807, 2.05) is 59.7 Å². The van der Waals surface area contributed by atoms with Gasteiger partial charge in [-0.2, -0.15) is 0 Å². The van der Waals surface area contributed by atoms with Crippen molar-refractivity contribution in [3.05, 3.63) is 47.0 Å². The van der Waals surface area contributed by atoms with Crippen LogP contribution in [0.15, 0.2) is 41.5 Å². The highest BCUT2D eigenvalue weighted by molar-refractivity contribution is 5.91. The van der Waals surface area contributed by atoms with Gasteiger partial charge in [-0.05, 0) is 49.4 Å². The summed E-state index contributed by atoms with van der Waals surface area (Å²) in [6.45, 7) is 13.0. The van der Waals surface area contributed by atoms with Gasteiger partial charge in [-0.1, -0.05) is 65.0 Å². The van der Waals surface area contributed by atoms with Crippen molar-refractivity contribution in [1.29, 1.82) is 0 Å². The Kier molecular flexibility index (Phi) is 9.99. The Morgan fingerprint density at radius 3 is 2.22 bits per heavy atom. The first-order chi connectivity index (χ1) is 22.9. The van der Waals surface area contributed by atoms with Crippen LogP contribution in [0.3, 0.4) is 0 Å². The molecule has 4 aliphatic rings. The number of nitrogens with one attached hydrogen (secondary N) is 1. The molecule has 3 aliphatic carbocycles. The second-order valence-electron chi connectivity index (χ2n) is 15.4. The average molecular weight is 684 g/mol. The van der Waals surface area contributed by atoms with Crippen molar-refractivity contribution in [1.82, 2.24) is 5.32 Å². The number of hydrogen-bond donors (Lipinski definition) is 4. The van der Waals surface area contributed by atoms with Gasteiger partial charge in [0, 0.05) is 29.6 Å². The third kappa shape index (κ3) is 5.64. The molecule has 270 valence electrons. The fourth-order valence-corrected chi connectivity index (χ4v) is 10.2. The number of nitrogens with two attached hydrogens (primary N) is 2. The molecule has 2 bridgehead atoms. The maximum absolute atomic E-state index is 15.0. The molecule has 1 aromatic rings. The molecule has 1 aliphatic heterocycles. The highest BCUT2D eigenvalue weighted by Crippen LogP contribution is 2.68. The smallest absolute Gasteiger partial charge is 0.350 e. The Labute approximate surface area is 288 Å². The number of ether oxygens (including phenoxy) is 4. The lowest BCUT2D eigenvalue weighted by molar-refractivity contribution is -0.302. The number of benzene rings is 1. The van der Waals surface area contributed by atoms with Crippen molar-refractivity contribution in [2.75, 3.05) is 26.7 Å². The largest absolute Gasteiger partial charge is 0.460 e. The van der Waals surface area contributed by atoms with Crippen LogP contribution in [0.1, 0.15) is 72.9 Å². The number of fused-ring (bicyclic) bond motifs is 5. The topological polar surface area (TPSA) is 190 Å². The van der Waals surface area contributed by atoms with Crippen molar-refractivity contribution in [2.45, 2.75) is 97.4 Å². The zero-order valence-electron chi connectivity index (χ0n) is 29.9. The van der Waals surface area contributed by atoms with E-state index in [1.54, 1.807) is 19.2 Å². The molecule has 5 rings (SSSR count). The van der Waals surface area contributed by atoms with E-state index >= 15 is 4.79 Å². The van der Waals surface area contributed by atoms with Gasteiger partial charge in [0.1, 0.15) is 18.0 Å². The van der Waals surface area contributed by atoms with Crippen molar-refractivity contribution in [2.24, 2.45) is 45.5 Å².